The quantitative estimate of drug-likeness (QED) is 0.564. The van der Waals surface area contributed by atoms with E-state index in [1.165, 1.54) is 24.9 Å². The minimum absolute atomic E-state index is 0.373. The van der Waals surface area contributed by atoms with Crippen molar-refractivity contribution in [2.45, 2.75) is 18.9 Å². The van der Waals surface area contributed by atoms with Crippen LogP contribution < -0.4 is 0 Å². The summed E-state index contributed by atoms with van der Waals surface area (Å²) in [7, 11) is 0. The van der Waals surface area contributed by atoms with Crippen LogP contribution in [0.3, 0.4) is 0 Å². The van der Waals surface area contributed by atoms with E-state index in [1.807, 2.05) is 6.26 Å². The van der Waals surface area contributed by atoms with E-state index < -0.39 is 0 Å². The maximum absolute atomic E-state index is 5.32. The van der Waals surface area contributed by atoms with Gasteiger partial charge in [0, 0.05) is 12.9 Å². The van der Waals surface area contributed by atoms with Crippen molar-refractivity contribution in [1.29, 1.82) is 0 Å². The van der Waals surface area contributed by atoms with Crippen LogP contribution in [-0.2, 0) is 8.92 Å². The van der Waals surface area contributed by atoms with Crippen molar-refractivity contribution in [3.63, 3.8) is 0 Å². The molecule has 0 spiro atoms. The van der Waals surface area contributed by atoms with Crippen molar-refractivity contribution in [2.75, 3.05) is 19.5 Å². The van der Waals surface area contributed by atoms with Gasteiger partial charge >= 0.3 is 0 Å². The van der Waals surface area contributed by atoms with Crippen molar-refractivity contribution in [3.8, 4) is 0 Å². The summed E-state index contributed by atoms with van der Waals surface area (Å²) in [6.45, 7) is 1.67. The molecule has 0 saturated carbocycles. The lowest BCUT2D eigenvalue weighted by Gasteiger charge is -2.06. The van der Waals surface area contributed by atoms with Crippen LogP contribution >= 0.6 is 12.0 Å². The Balaban J connectivity index is 1.98. The van der Waals surface area contributed by atoms with Gasteiger partial charge < -0.3 is 8.92 Å². The lowest BCUT2D eigenvalue weighted by molar-refractivity contribution is 0.0752. The maximum atomic E-state index is 5.32. The SMILES string of the molecule is CSOC[C@@H]1CCCO1. The fraction of sp³-hybridized carbons (Fsp3) is 1.00. The molecule has 0 radical (unpaired) electrons. The van der Waals surface area contributed by atoms with E-state index >= 15 is 0 Å². The van der Waals surface area contributed by atoms with Gasteiger partial charge in [-0.2, -0.15) is 0 Å². The minimum Gasteiger partial charge on any atom is -0.376 e. The zero-order valence-electron chi connectivity index (χ0n) is 5.63. The molecule has 0 N–H and O–H groups in total. The Morgan fingerprint density at radius 2 is 2.67 bits per heavy atom. The highest BCUT2D eigenvalue weighted by Crippen LogP contribution is 2.13. The molecule has 1 aliphatic heterocycles. The molecule has 1 fully saturated rings. The lowest BCUT2D eigenvalue weighted by Crippen LogP contribution is -2.10. The molecule has 0 aromatic rings. The van der Waals surface area contributed by atoms with Crippen molar-refractivity contribution >= 4 is 12.0 Å². The average Bonchev–Trinajstić information content (AvgIpc) is 2.34. The highest BCUT2D eigenvalue weighted by Gasteiger charge is 2.14. The zero-order chi connectivity index (χ0) is 6.53. The van der Waals surface area contributed by atoms with Crippen molar-refractivity contribution in [3.05, 3.63) is 0 Å². The van der Waals surface area contributed by atoms with Gasteiger partial charge in [-0.3, -0.25) is 0 Å². The zero-order valence-corrected chi connectivity index (χ0v) is 6.45. The molecule has 54 valence electrons. The summed E-state index contributed by atoms with van der Waals surface area (Å²) in [5, 5.41) is 0. The Hall–Kier alpha value is 0.270. The maximum Gasteiger partial charge on any atom is 0.0876 e. The second kappa shape index (κ2) is 4.14. The highest BCUT2D eigenvalue weighted by atomic mass is 32.2. The molecule has 3 heteroatoms. The molecule has 1 aliphatic rings. The molecule has 1 heterocycles. The molecule has 0 amide bonds. The molecule has 1 rings (SSSR count). The summed E-state index contributed by atoms with van der Waals surface area (Å²) in [5.41, 5.74) is 0. The van der Waals surface area contributed by atoms with Crippen molar-refractivity contribution in [2.24, 2.45) is 0 Å². The first kappa shape index (κ1) is 7.38. The normalized spacial score (nSPS) is 27.0. The van der Waals surface area contributed by atoms with E-state index in [0.29, 0.717) is 6.10 Å². The van der Waals surface area contributed by atoms with Gasteiger partial charge in [0.25, 0.3) is 0 Å². The van der Waals surface area contributed by atoms with Gasteiger partial charge in [0.15, 0.2) is 0 Å². The van der Waals surface area contributed by atoms with E-state index in [-0.39, 0.29) is 0 Å². The van der Waals surface area contributed by atoms with E-state index in [9.17, 15) is 0 Å². The van der Waals surface area contributed by atoms with Gasteiger partial charge in [0.2, 0.25) is 0 Å². The molecule has 0 aromatic carbocycles. The average molecular weight is 148 g/mol. The van der Waals surface area contributed by atoms with E-state index in [0.717, 1.165) is 13.2 Å². The third-order valence-electron chi connectivity index (χ3n) is 1.40. The fourth-order valence-corrected chi connectivity index (χ4v) is 1.21. The summed E-state index contributed by atoms with van der Waals surface area (Å²) in [6.07, 6.45) is 4.66. The number of rotatable bonds is 3. The molecule has 2 nitrogen and oxygen atoms in total. The lowest BCUT2D eigenvalue weighted by atomic mass is 10.2. The van der Waals surface area contributed by atoms with Crippen LogP contribution in [0.5, 0.6) is 0 Å². The first-order valence-electron chi connectivity index (χ1n) is 3.20. The summed E-state index contributed by atoms with van der Waals surface area (Å²) < 4.78 is 10.4. The molecule has 0 unspecified atom stereocenters. The van der Waals surface area contributed by atoms with Gasteiger partial charge in [-0.25, -0.2) is 0 Å². The number of hydrogen-bond acceptors (Lipinski definition) is 3. The fourth-order valence-electron chi connectivity index (χ4n) is 0.920. The predicted molar refractivity (Wildman–Crippen MR) is 38.4 cm³/mol. The van der Waals surface area contributed by atoms with Crippen LogP contribution in [0, 0.1) is 0 Å². The minimum atomic E-state index is 0.373. The summed E-state index contributed by atoms with van der Waals surface area (Å²) >= 11 is 1.41. The van der Waals surface area contributed by atoms with Gasteiger partial charge in [-0.15, -0.1) is 0 Å². The summed E-state index contributed by atoms with van der Waals surface area (Å²) in [4.78, 5) is 0. The topological polar surface area (TPSA) is 18.5 Å². The van der Waals surface area contributed by atoms with Gasteiger partial charge in [-0.1, -0.05) is 0 Å². The Morgan fingerprint density at radius 3 is 3.22 bits per heavy atom. The van der Waals surface area contributed by atoms with Crippen molar-refractivity contribution < 1.29 is 8.92 Å². The van der Waals surface area contributed by atoms with Gasteiger partial charge in [0.05, 0.1) is 12.7 Å². The van der Waals surface area contributed by atoms with Crippen molar-refractivity contribution in [1.82, 2.24) is 0 Å². The molecule has 0 bridgehead atoms. The third kappa shape index (κ3) is 2.56. The van der Waals surface area contributed by atoms with Crippen LogP contribution in [0.2, 0.25) is 0 Å². The van der Waals surface area contributed by atoms with Crippen LogP contribution in [0.4, 0.5) is 0 Å². The largest absolute Gasteiger partial charge is 0.376 e. The molecular weight excluding hydrogens is 136 g/mol. The number of ether oxygens (including phenoxy) is 1. The van der Waals surface area contributed by atoms with Crippen LogP contribution in [0.25, 0.3) is 0 Å². The van der Waals surface area contributed by atoms with Crippen LogP contribution in [-0.4, -0.2) is 25.6 Å². The van der Waals surface area contributed by atoms with E-state index in [4.69, 9.17) is 8.92 Å². The second-order valence-electron chi connectivity index (χ2n) is 2.09. The van der Waals surface area contributed by atoms with Crippen LogP contribution in [0.1, 0.15) is 12.8 Å². The van der Waals surface area contributed by atoms with E-state index in [2.05, 4.69) is 0 Å². The highest BCUT2D eigenvalue weighted by molar-refractivity contribution is 7.93. The molecular formula is C6H12O2S. The molecule has 1 atom stereocenters. The Kier molecular flexibility index (Phi) is 3.40. The van der Waals surface area contributed by atoms with Gasteiger partial charge in [-0.05, 0) is 24.9 Å². The van der Waals surface area contributed by atoms with Crippen LogP contribution in [0.15, 0.2) is 0 Å². The molecule has 0 aromatic heterocycles. The molecule has 9 heavy (non-hydrogen) atoms. The monoisotopic (exact) mass is 148 g/mol. The smallest absolute Gasteiger partial charge is 0.0876 e. The third-order valence-corrected chi connectivity index (χ3v) is 1.77. The first-order chi connectivity index (χ1) is 4.43. The van der Waals surface area contributed by atoms with Gasteiger partial charge in [0.1, 0.15) is 0 Å². The second-order valence-corrected chi connectivity index (χ2v) is 2.66. The first-order valence-corrected chi connectivity index (χ1v) is 4.35. The summed E-state index contributed by atoms with van der Waals surface area (Å²) in [5.74, 6) is 0. The Morgan fingerprint density at radius 1 is 1.78 bits per heavy atom. The molecule has 0 aliphatic carbocycles. The Labute approximate surface area is 60.1 Å². The standard InChI is InChI=1S/C6H12O2S/c1-9-8-5-6-3-2-4-7-6/h6H,2-5H2,1H3/t6-/m0/s1. The Bertz CT molecular complexity index is 71.5. The predicted octanol–water partition coefficient (Wildman–Crippen LogP) is 1.46. The van der Waals surface area contributed by atoms with E-state index in [1.54, 1.807) is 0 Å². The number of hydrogen-bond donors (Lipinski definition) is 0. The summed E-state index contributed by atoms with van der Waals surface area (Å²) in [6, 6.07) is 0. The molecule has 1 saturated heterocycles.